The van der Waals surface area contributed by atoms with Gasteiger partial charge in [0.2, 0.25) is 0 Å². The molecule has 0 aliphatic carbocycles. The highest BCUT2D eigenvalue weighted by Gasteiger charge is 2.45. The molecule has 0 radical (unpaired) electrons. The van der Waals surface area contributed by atoms with E-state index in [1.807, 2.05) is 0 Å². The van der Waals surface area contributed by atoms with Crippen LogP contribution in [0, 0.1) is 0 Å². The largest absolute Gasteiger partial charge is 0.371 e. The third kappa shape index (κ3) is 3.92. The van der Waals surface area contributed by atoms with E-state index in [4.69, 9.17) is 0 Å². The summed E-state index contributed by atoms with van der Waals surface area (Å²) in [5.74, 6) is 0.834. The summed E-state index contributed by atoms with van der Waals surface area (Å²) in [6, 6.07) is 26.2. The maximum absolute atomic E-state index is 12.7. The van der Waals surface area contributed by atoms with Crippen LogP contribution < -0.4 is 10.2 Å². The predicted molar refractivity (Wildman–Crippen MR) is 145 cm³/mol. The number of rotatable bonds is 5. The lowest BCUT2D eigenvalue weighted by Crippen LogP contribution is -2.47. The predicted octanol–water partition coefficient (Wildman–Crippen LogP) is 7.59. The second-order valence-corrected chi connectivity index (χ2v) is 11.1. The second kappa shape index (κ2) is 9.14. The molecule has 0 aromatic heterocycles. The minimum Gasteiger partial charge on any atom is -0.371 e. The molecule has 0 bridgehead atoms. The van der Waals surface area contributed by atoms with Crippen molar-refractivity contribution in [3.05, 3.63) is 95.1 Å². The zero-order chi connectivity index (χ0) is 23.8. The molecule has 3 aromatic rings. The van der Waals surface area contributed by atoms with Crippen LogP contribution in [0.15, 0.2) is 72.8 Å². The van der Waals surface area contributed by atoms with Crippen LogP contribution in [-0.4, -0.2) is 24.1 Å². The molecule has 0 unspecified atom stereocenters. The number of hydrogen-bond acceptors (Lipinski definition) is 3. The molecule has 1 amide bonds. The van der Waals surface area contributed by atoms with Crippen LogP contribution in [0.5, 0.6) is 0 Å². The highest BCUT2D eigenvalue weighted by Crippen LogP contribution is 2.54. The van der Waals surface area contributed by atoms with Gasteiger partial charge in [-0.3, -0.25) is 4.79 Å². The van der Waals surface area contributed by atoms with E-state index in [9.17, 15) is 4.79 Å². The van der Waals surface area contributed by atoms with E-state index in [1.54, 1.807) is 0 Å². The van der Waals surface area contributed by atoms with E-state index in [2.05, 4.69) is 104 Å². The van der Waals surface area contributed by atoms with Crippen molar-refractivity contribution in [3.63, 3.8) is 0 Å². The Balaban J connectivity index is 1.71. The summed E-state index contributed by atoms with van der Waals surface area (Å²) in [4.78, 5) is 15.3. The zero-order valence-corrected chi connectivity index (χ0v) is 21.3. The molecule has 2 aliphatic rings. The van der Waals surface area contributed by atoms with Gasteiger partial charge in [0.25, 0.3) is 5.24 Å². The van der Waals surface area contributed by atoms with Gasteiger partial charge in [0.1, 0.15) is 0 Å². The van der Waals surface area contributed by atoms with E-state index in [1.165, 1.54) is 39.7 Å². The average molecular weight is 471 g/mol. The van der Waals surface area contributed by atoms with Gasteiger partial charge in [-0.1, -0.05) is 93.2 Å². The van der Waals surface area contributed by atoms with E-state index < -0.39 is 0 Å². The van der Waals surface area contributed by atoms with Crippen molar-refractivity contribution in [2.75, 3.05) is 29.1 Å². The minimum absolute atomic E-state index is 0.0281. The SMILES string of the molecule is CCCSC(=O)Nc1cc2c3c(c1)[C@@](C)(c1ccccc1)CCN3CC[C@@]2(C)c1ccccc1. The number of hydrogen-bond donors (Lipinski definition) is 1. The third-order valence-corrected chi connectivity index (χ3v) is 8.86. The Kier molecular flexibility index (Phi) is 6.20. The molecule has 0 fully saturated rings. The van der Waals surface area contributed by atoms with Crippen LogP contribution in [0.4, 0.5) is 16.2 Å². The Labute approximate surface area is 208 Å². The van der Waals surface area contributed by atoms with E-state index >= 15 is 0 Å². The molecule has 5 rings (SSSR count). The molecular weight excluding hydrogens is 436 g/mol. The lowest BCUT2D eigenvalue weighted by molar-refractivity contribution is 0.269. The van der Waals surface area contributed by atoms with Gasteiger partial charge in [0.15, 0.2) is 0 Å². The van der Waals surface area contributed by atoms with Gasteiger partial charge in [0.05, 0.1) is 0 Å². The van der Waals surface area contributed by atoms with Gasteiger partial charge in [-0.15, -0.1) is 0 Å². The lowest BCUT2D eigenvalue weighted by Gasteiger charge is -2.50. The molecule has 4 heteroatoms. The Hall–Kier alpha value is -2.72. The number of thioether (sulfide) groups is 1. The van der Waals surface area contributed by atoms with Gasteiger partial charge in [0, 0.05) is 41.0 Å². The first-order chi connectivity index (χ1) is 16.5. The fraction of sp³-hybridized carbons (Fsp3) is 0.367. The van der Waals surface area contributed by atoms with Crippen molar-refractivity contribution >= 4 is 28.4 Å². The summed E-state index contributed by atoms with van der Waals surface area (Å²) >= 11 is 1.37. The molecule has 2 aliphatic heterocycles. The standard InChI is InChI=1S/C30H34N2OS/c1-4-19-34-28(33)31-24-20-25-27-26(21-24)30(3,23-13-9-6-10-14-23)16-18-32(27)17-15-29(25,2)22-11-7-5-8-12-22/h5-14,20-21H,4,15-19H2,1-3H3,(H,31,33)/t29-,30+. The Bertz CT molecular complexity index is 1100. The van der Waals surface area contributed by atoms with E-state index in [-0.39, 0.29) is 16.1 Å². The molecule has 0 saturated heterocycles. The molecular formula is C30H34N2OS. The molecule has 3 nitrogen and oxygen atoms in total. The van der Waals surface area contributed by atoms with Crippen LogP contribution in [-0.2, 0) is 10.8 Å². The molecule has 0 saturated carbocycles. The number of amides is 1. The Morgan fingerprint density at radius 2 is 1.38 bits per heavy atom. The van der Waals surface area contributed by atoms with Crippen molar-refractivity contribution < 1.29 is 4.79 Å². The third-order valence-electron chi connectivity index (χ3n) is 7.88. The van der Waals surface area contributed by atoms with Crippen LogP contribution in [0.25, 0.3) is 0 Å². The Morgan fingerprint density at radius 3 is 1.85 bits per heavy atom. The van der Waals surface area contributed by atoms with Crippen LogP contribution in [0.3, 0.4) is 0 Å². The summed E-state index contributed by atoms with van der Waals surface area (Å²) in [5, 5.41) is 3.25. The van der Waals surface area contributed by atoms with Crippen molar-refractivity contribution in [1.82, 2.24) is 0 Å². The van der Waals surface area contributed by atoms with E-state index in [0.29, 0.717) is 0 Å². The smallest absolute Gasteiger partial charge is 0.283 e. The minimum atomic E-state index is -0.103. The first kappa shape index (κ1) is 23.0. The normalized spacial score (nSPS) is 23.3. The van der Waals surface area contributed by atoms with Gasteiger partial charge in [-0.2, -0.15) is 0 Å². The number of anilines is 2. The Morgan fingerprint density at radius 1 is 0.882 bits per heavy atom. The fourth-order valence-corrected chi connectivity index (χ4v) is 6.35. The molecule has 3 aromatic carbocycles. The number of carbonyl (C=O) groups excluding carboxylic acids is 1. The summed E-state index contributed by atoms with van der Waals surface area (Å²) in [6.07, 6.45) is 3.11. The molecule has 0 spiro atoms. The zero-order valence-electron chi connectivity index (χ0n) is 20.4. The van der Waals surface area contributed by atoms with Crippen molar-refractivity contribution in [1.29, 1.82) is 0 Å². The van der Waals surface area contributed by atoms with Gasteiger partial charge in [-0.25, -0.2) is 0 Å². The topological polar surface area (TPSA) is 32.3 Å². The van der Waals surface area contributed by atoms with Crippen molar-refractivity contribution in [3.8, 4) is 0 Å². The monoisotopic (exact) mass is 470 g/mol. The van der Waals surface area contributed by atoms with Crippen molar-refractivity contribution in [2.24, 2.45) is 0 Å². The summed E-state index contributed by atoms with van der Waals surface area (Å²) in [6.45, 7) is 8.96. The first-order valence-electron chi connectivity index (χ1n) is 12.4. The summed E-state index contributed by atoms with van der Waals surface area (Å²) in [5.41, 5.74) is 7.42. The summed E-state index contributed by atoms with van der Waals surface area (Å²) in [7, 11) is 0. The highest BCUT2D eigenvalue weighted by molar-refractivity contribution is 8.13. The quantitative estimate of drug-likeness (QED) is 0.417. The van der Waals surface area contributed by atoms with Gasteiger partial charge >= 0.3 is 0 Å². The molecule has 2 atom stereocenters. The summed E-state index contributed by atoms with van der Waals surface area (Å²) < 4.78 is 0. The lowest BCUT2D eigenvalue weighted by atomic mass is 9.64. The molecule has 1 N–H and O–H groups in total. The number of nitrogens with zero attached hydrogens (tertiary/aromatic N) is 1. The highest BCUT2D eigenvalue weighted by atomic mass is 32.2. The van der Waals surface area contributed by atoms with Crippen LogP contribution in [0.2, 0.25) is 0 Å². The fourth-order valence-electron chi connectivity index (χ4n) is 5.77. The number of nitrogens with one attached hydrogen (secondary N) is 1. The molecule has 2 heterocycles. The van der Waals surface area contributed by atoms with Gasteiger partial charge in [-0.05, 0) is 53.6 Å². The first-order valence-corrected chi connectivity index (χ1v) is 13.4. The van der Waals surface area contributed by atoms with Crippen molar-refractivity contribution in [2.45, 2.75) is 50.9 Å². The number of benzene rings is 3. The van der Waals surface area contributed by atoms with E-state index in [0.717, 1.165) is 43.8 Å². The second-order valence-electron chi connectivity index (χ2n) is 10.1. The molecule has 34 heavy (non-hydrogen) atoms. The average Bonchev–Trinajstić information content (AvgIpc) is 2.87. The van der Waals surface area contributed by atoms with Crippen LogP contribution in [0.1, 0.15) is 62.3 Å². The molecule has 176 valence electrons. The maximum Gasteiger partial charge on any atom is 0.283 e. The maximum atomic E-state index is 12.7. The number of carbonyl (C=O) groups is 1. The van der Waals surface area contributed by atoms with Crippen LogP contribution >= 0.6 is 11.8 Å². The van der Waals surface area contributed by atoms with Gasteiger partial charge < -0.3 is 10.2 Å².